The summed E-state index contributed by atoms with van der Waals surface area (Å²) in [5.74, 6) is 0. The zero-order valence-corrected chi connectivity index (χ0v) is 9.04. The quantitative estimate of drug-likeness (QED) is 0.721. The van der Waals surface area contributed by atoms with Gasteiger partial charge in [-0.05, 0) is 6.07 Å². The van der Waals surface area contributed by atoms with Crippen LogP contribution in [-0.2, 0) is 4.74 Å². The van der Waals surface area contributed by atoms with E-state index in [0.717, 1.165) is 25.1 Å². The first-order chi connectivity index (χ1) is 7.33. The standard InChI is InChI=1S/C11H12ClNO2/c12-11-9(8-14)2-1-3-10(11)13-4-6-15-7-5-13/h1-3,8H,4-7H2. The minimum Gasteiger partial charge on any atom is -0.378 e. The maximum atomic E-state index is 10.7. The average molecular weight is 226 g/mol. The fourth-order valence-corrected chi connectivity index (χ4v) is 1.97. The van der Waals surface area contributed by atoms with E-state index < -0.39 is 0 Å². The Labute approximate surface area is 93.6 Å². The van der Waals surface area contributed by atoms with Gasteiger partial charge >= 0.3 is 0 Å². The van der Waals surface area contributed by atoms with Crippen molar-refractivity contribution in [3.8, 4) is 0 Å². The van der Waals surface area contributed by atoms with Gasteiger partial charge in [-0.3, -0.25) is 4.79 Å². The molecule has 0 saturated carbocycles. The van der Waals surface area contributed by atoms with Gasteiger partial charge in [-0.25, -0.2) is 0 Å². The summed E-state index contributed by atoms with van der Waals surface area (Å²) in [6, 6.07) is 5.50. The summed E-state index contributed by atoms with van der Waals surface area (Å²) in [6.45, 7) is 3.06. The second kappa shape index (κ2) is 4.64. The number of benzene rings is 1. The molecule has 1 aliphatic heterocycles. The number of hydrogen-bond acceptors (Lipinski definition) is 3. The molecule has 0 spiro atoms. The number of anilines is 1. The molecule has 1 fully saturated rings. The number of morpholine rings is 1. The second-order valence-electron chi connectivity index (χ2n) is 3.40. The van der Waals surface area contributed by atoms with E-state index in [4.69, 9.17) is 16.3 Å². The largest absolute Gasteiger partial charge is 0.378 e. The summed E-state index contributed by atoms with van der Waals surface area (Å²) in [6.07, 6.45) is 0.784. The predicted molar refractivity (Wildman–Crippen MR) is 59.9 cm³/mol. The van der Waals surface area contributed by atoms with E-state index in [-0.39, 0.29) is 0 Å². The van der Waals surface area contributed by atoms with Crippen LogP contribution in [0.25, 0.3) is 0 Å². The highest BCUT2D eigenvalue weighted by molar-refractivity contribution is 6.35. The third-order valence-corrected chi connectivity index (χ3v) is 2.90. The monoisotopic (exact) mass is 225 g/mol. The van der Waals surface area contributed by atoms with Crippen molar-refractivity contribution in [2.75, 3.05) is 31.2 Å². The van der Waals surface area contributed by atoms with Crippen molar-refractivity contribution < 1.29 is 9.53 Å². The van der Waals surface area contributed by atoms with E-state index in [9.17, 15) is 4.79 Å². The number of halogens is 1. The van der Waals surface area contributed by atoms with E-state index in [1.165, 1.54) is 0 Å². The van der Waals surface area contributed by atoms with Crippen LogP contribution in [0.5, 0.6) is 0 Å². The molecule has 0 aromatic heterocycles. The van der Waals surface area contributed by atoms with Gasteiger partial charge in [0.25, 0.3) is 0 Å². The molecule has 3 nitrogen and oxygen atoms in total. The lowest BCUT2D eigenvalue weighted by molar-refractivity contribution is 0.112. The first-order valence-electron chi connectivity index (χ1n) is 4.89. The van der Waals surface area contributed by atoms with Crippen LogP contribution in [0.4, 0.5) is 5.69 Å². The van der Waals surface area contributed by atoms with E-state index in [1.54, 1.807) is 6.07 Å². The van der Waals surface area contributed by atoms with Crippen LogP contribution in [0.2, 0.25) is 5.02 Å². The van der Waals surface area contributed by atoms with Crippen molar-refractivity contribution in [3.05, 3.63) is 28.8 Å². The predicted octanol–water partition coefficient (Wildman–Crippen LogP) is 1.99. The number of carbonyl (C=O) groups is 1. The number of carbonyl (C=O) groups excluding carboxylic acids is 1. The molecule has 0 atom stereocenters. The fourth-order valence-electron chi connectivity index (χ4n) is 1.68. The Morgan fingerprint density at radius 3 is 2.73 bits per heavy atom. The number of aldehydes is 1. The van der Waals surface area contributed by atoms with Gasteiger partial charge in [0.05, 0.1) is 23.9 Å². The van der Waals surface area contributed by atoms with Crippen molar-refractivity contribution in [1.29, 1.82) is 0 Å². The zero-order chi connectivity index (χ0) is 10.7. The van der Waals surface area contributed by atoms with Crippen LogP contribution in [-0.4, -0.2) is 32.6 Å². The summed E-state index contributed by atoms with van der Waals surface area (Å²) < 4.78 is 5.26. The summed E-state index contributed by atoms with van der Waals surface area (Å²) in [5.41, 5.74) is 1.46. The first-order valence-corrected chi connectivity index (χ1v) is 5.27. The molecular formula is C11H12ClNO2. The molecule has 1 aliphatic rings. The number of nitrogens with zero attached hydrogens (tertiary/aromatic N) is 1. The minimum atomic E-state index is 0.536. The van der Waals surface area contributed by atoms with Gasteiger partial charge in [0.1, 0.15) is 0 Å². The number of rotatable bonds is 2. The Balaban J connectivity index is 2.30. The van der Waals surface area contributed by atoms with Gasteiger partial charge in [0.15, 0.2) is 6.29 Å². The fraction of sp³-hybridized carbons (Fsp3) is 0.364. The van der Waals surface area contributed by atoms with E-state index in [0.29, 0.717) is 23.8 Å². The first kappa shape index (κ1) is 10.5. The maximum Gasteiger partial charge on any atom is 0.151 e. The molecule has 1 aromatic carbocycles. The van der Waals surface area contributed by atoms with Gasteiger partial charge in [-0.2, -0.15) is 0 Å². The van der Waals surface area contributed by atoms with Crippen LogP contribution in [0, 0.1) is 0 Å². The Hall–Kier alpha value is -1.06. The lowest BCUT2D eigenvalue weighted by atomic mass is 10.2. The summed E-state index contributed by atoms with van der Waals surface area (Å²) in [4.78, 5) is 12.9. The normalized spacial score (nSPS) is 16.5. The van der Waals surface area contributed by atoms with E-state index >= 15 is 0 Å². The van der Waals surface area contributed by atoms with Crippen LogP contribution >= 0.6 is 11.6 Å². The number of hydrogen-bond donors (Lipinski definition) is 0. The summed E-state index contributed by atoms with van der Waals surface area (Å²) in [7, 11) is 0. The number of ether oxygens (including phenoxy) is 1. The van der Waals surface area contributed by atoms with Gasteiger partial charge in [-0.15, -0.1) is 0 Å². The molecule has 1 saturated heterocycles. The maximum absolute atomic E-state index is 10.7. The third-order valence-electron chi connectivity index (χ3n) is 2.49. The summed E-state index contributed by atoms with van der Waals surface area (Å²) in [5, 5.41) is 0.536. The summed E-state index contributed by atoms with van der Waals surface area (Å²) >= 11 is 6.13. The molecule has 80 valence electrons. The molecular weight excluding hydrogens is 214 g/mol. The van der Waals surface area contributed by atoms with Crippen LogP contribution in [0.1, 0.15) is 10.4 Å². The molecule has 0 bridgehead atoms. The second-order valence-corrected chi connectivity index (χ2v) is 3.78. The molecule has 0 unspecified atom stereocenters. The van der Waals surface area contributed by atoms with Crippen molar-refractivity contribution in [1.82, 2.24) is 0 Å². The highest BCUT2D eigenvalue weighted by Crippen LogP contribution is 2.28. The molecule has 1 aromatic rings. The van der Waals surface area contributed by atoms with Gasteiger partial charge < -0.3 is 9.64 Å². The minimum absolute atomic E-state index is 0.536. The molecule has 0 N–H and O–H groups in total. The van der Waals surface area contributed by atoms with Crippen molar-refractivity contribution >= 4 is 23.6 Å². The van der Waals surface area contributed by atoms with Gasteiger partial charge in [0.2, 0.25) is 0 Å². The van der Waals surface area contributed by atoms with E-state index in [2.05, 4.69) is 4.90 Å². The highest BCUT2D eigenvalue weighted by Gasteiger charge is 2.15. The van der Waals surface area contributed by atoms with Crippen molar-refractivity contribution in [2.24, 2.45) is 0 Å². The van der Waals surface area contributed by atoms with Gasteiger partial charge in [0, 0.05) is 18.7 Å². The molecule has 4 heteroatoms. The Kier molecular flexibility index (Phi) is 3.23. The van der Waals surface area contributed by atoms with Crippen molar-refractivity contribution in [3.63, 3.8) is 0 Å². The lowest BCUT2D eigenvalue weighted by Crippen LogP contribution is -2.36. The Bertz CT molecular complexity index is 362. The van der Waals surface area contributed by atoms with Crippen LogP contribution < -0.4 is 4.90 Å². The molecule has 0 amide bonds. The topological polar surface area (TPSA) is 29.5 Å². The third kappa shape index (κ3) is 2.13. The molecule has 2 rings (SSSR count). The Morgan fingerprint density at radius 2 is 2.07 bits per heavy atom. The van der Waals surface area contributed by atoms with Gasteiger partial charge in [-0.1, -0.05) is 23.7 Å². The Morgan fingerprint density at radius 1 is 1.33 bits per heavy atom. The average Bonchev–Trinajstić information content (AvgIpc) is 2.30. The zero-order valence-electron chi connectivity index (χ0n) is 8.28. The highest BCUT2D eigenvalue weighted by atomic mass is 35.5. The smallest absolute Gasteiger partial charge is 0.151 e. The molecule has 15 heavy (non-hydrogen) atoms. The van der Waals surface area contributed by atoms with Crippen LogP contribution in [0.3, 0.4) is 0 Å². The SMILES string of the molecule is O=Cc1cccc(N2CCOCC2)c1Cl. The molecule has 1 heterocycles. The lowest BCUT2D eigenvalue weighted by Gasteiger charge is -2.29. The molecule has 0 radical (unpaired) electrons. The van der Waals surface area contributed by atoms with Crippen LogP contribution in [0.15, 0.2) is 18.2 Å². The molecule has 0 aliphatic carbocycles. The van der Waals surface area contributed by atoms with Crippen molar-refractivity contribution in [2.45, 2.75) is 0 Å². The van der Waals surface area contributed by atoms with E-state index in [1.807, 2.05) is 12.1 Å².